The number of rotatable bonds is 5. The molecule has 3 heteroatoms. The first-order valence-corrected chi connectivity index (χ1v) is 7.92. The first-order chi connectivity index (χ1) is 8.24. The van der Waals surface area contributed by atoms with Crippen LogP contribution in [0.3, 0.4) is 0 Å². The van der Waals surface area contributed by atoms with E-state index in [1.165, 1.54) is 31.2 Å². The Labute approximate surface area is 106 Å². The largest absolute Gasteiger partial charge is 0.399 e. The number of nitrogens with two attached hydrogens (primary N) is 1. The molecule has 1 saturated carbocycles. The second-order valence-corrected chi connectivity index (χ2v) is 6.57. The molecule has 1 fully saturated rings. The Hall–Kier alpha value is -0.830. The Balaban J connectivity index is 1.73. The summed E-state index contributed by atoms with van der Waals surface area (Å²) in [6.45, 7) is 0. The van der Waals surface area contributed by atoms with Crippen molar-refractivity contribution in [2.75, 3.05) is 17.2 Å². The van der Waals surface area contributed by atoms with Crippen LogP contribution in [-0.4, -0.2) is 15.7 Å². The predicted molar refractivity (Wildman–Crippen MR) is 74.4 cm³/mol. The summed E-state index contributed by atoms with van der Waals surface area (Å²) in [6, 6.07) is 7.88. The average Bonchev–Trinajstić information content (AvgIpc) is 2.81. The lowest BCUT2D eigenvalue weighted by Crippen LogP contribution is -2.12. The highest BCUT2D eigenvalue weighted by Gasteiger charge is 2.17. The second-order valence-electron chi connectivity index (χ2n) is 4.95. The molecule has 1 atom stereocenters. The van der Waals surface area contributed by atoms with Crippen LogP contribution in [0.5, 0.6) is 0 Å². The highest BCUT2D eigenvalue weighted by molar-refractivity contribution is 7.84. The predicted octanol–water partition coefficient (Wildman–Crippen LogP) is 2.75. The van der Waals surface area contributed by atoms with Crippen molar-refractivity contribution >= 4 is 16.5 Å². The summed E-state index contributed by atoms with van der Waals surface area (Å²) in [5.74, 6) is 2.43. The molecule has 0 heterocycles. The van der Waals surface area contributed by atoms with E-state index >= 15 is 0 Å². The molecule has 1 aliphatic rings. The van der Waals surface area contributed by atoms with Crippen molar-refractivity contribution in [2.24, 2.45) is 5.92 Å². The van der Waals surface area contributed by atoms with Gasteiger partial charge in [0.2, 0.25) is 0 Å². The molecule has 1 unspecified atom stereocenters. The summed E-state index contributed by atoms with van der Waals surface area (Å²) in [7, 11) is -0.647. The molecule has 1 aromatic rings. The monoisotopic (exact) mass is 251 g/mol. The third-order valence-electron chi connectivity index (χ3n) is 3.49. The standard InChI is InChI=1S/C14H21NOS/c15-14-7-5-12(6-8-14)9-10-17(16)11-13-3-1-2-4-13/h5-8,13H,1-4,9-11,15H2. The van der Waals surface area contributed by atoms with Crippen molar-refractivity contribution in [3.8, 4) is 0 Å². The average molecular weight is 251 g/mol. The quantitative estimate of drug-likeness (QED) is 0.818. The maximum absolute atomic E-state index is 11.9. The maximum atomic E-state index is 11.9. The van der Waals surface area contributed by atoms with E-state index in [0.717, 1.165) is 29.5 Å². The normalized spacial score (nSPS) is 18.4. The highest BCUT2D eigenvalue weighted by Crippen LogP contribution is 2.25. The fraction of sp³-hybridized carbons (Fsp3) is 0.571. The van der Waals surface area contributed by atoms with E-state index in [2.05, 4.69) is 0 Å². The fourth-order valence-electron chi connectivity index (χ4n) is 2.44. The van der Waals surface area contributed by atoms with Gasteiger partial charge in [0.1, 0.15) is 0 Å². The Morgan fingerprint density at radius 3 is 2.47 bits per heavy atom. The highest BCUT2D eigenvalue weighted by atomic mass is 32.2. The topological polar surface area (TPSA) is 43.1 Å². The Morgan fingerprint density at radius 2 is 1.82 bits per heavy atom. The summed E-state index contributed by atoms with van der Waals surface area (Å²) >= 11 is 0. The van der Waals surface area contributed by atoms with Crippen LogP contribution in [0, 0.1) is 5.92 Å². The molecule has 0 aliphatic heterocycles. The Morgan fingerprint density at radius 1 is 1.18 bits per heavy atom. The molecule has 0 saturated heterocycles. The molecule has 2 nitrogen and oxygen atoms in total. The number of nitrogen functional groups attached to an aromatic ring is 1. The molecule has 0 amide bonds. The smallest absolute Gasteiger partial charge is 0.0314 e. The van der Waals surface area contributed by atoms with Gasteiger partial charge in [0.15, 0.2) is 0 Å². The van der Waals surface area contributed by atoms with Crippen LogP contribution in [0.25, 0.3) is 0 Å². The van der Waals surface area contributed by atoms with Crippen molar-refractivity contribution in [2.45, 2.75) is 32.1 Å². The van der Waals surface area contributed by atoms with E-state index in [1.54, 1.807) is 0 Å². The first-order valence-electron chi connectivity index (χ1n) is 6.43. The first kappa shape index (κ1) is 12.6. The number of hydrogen-bond acceptors (Lipinski definition) is 2. The van der Waals surface area contributed by atoms with E-state index in [1.807, 2.05) is 24.3 Å². The lowest BCUT2D eigenvalue weighted by atomic mass is 10.1. The van der Waals surface area contributed by atoms with Gasteiger partial charge in [-0.1, -0.05) is 25.0 Å². The van der Waals surface area contributed by atoms with Gasteiger partial charge in [-0.3, -0.25) is 4.21 Å². The fourth-order valence-corrected chi connectivity index (χ4v) is 3.93. The molecule has 0 radical (unpaired) electrons. The van der Waals surface area contributed by atoms with Crippen LogP contribution in [0.4, 0.5) is 5.69 Å². The van der Waals surface area contributed by atoms with Gasteiger partial charge in [-0.05, 0) is 42.9 Å². The third-order valence-corrected chi connectivity index (χ3v) is 5.00. The molecule has 17 heavy (non-hydrogen) atoms. The van der Waals surface area contributed by atoms with E-state index in [9.17, 15) is 4.21 Å². The number of hydrogen-bond donors (Lipinski definition) is 1. The van der Waals surface area contributed by atoms with Crippen LogP contribution in [0.1, 0.15) is 31.2 Å². The van der Waals surface area contributed by atoms with Crippen LogP contribution in [0.2, 0.25) is 0 Å². The van der Waals surface area contributed by atoms with Crippen LogP contribution >= 0.6 is 0 Å². The van der Waals surface area contributed by atoms with Crippen molar-refractivity contribution < 1.29 is 4.21 Å². The van der Waals surface area contributed by atoms with E-state index in [0.29, 0.717) is 0 Å². The van der Waals surface area contributed by atoms with Crippen molar-refractivity contribution in [3.05, 3.63) is 29.8 Å². The maximum Gasteiger partial charge on any atom is 0.0314 e. The molecule has 0 aromatic heterocycles. The summed E-state index contributed by atoms with van der Waals surface area (Å²) in [5.41, 5.74) is 7.66. The number of aryl methyl sites for hydroxylation is 1. The van der Waals surface area contributed by atoms with Gasteiger partial charge in [-0.2, -0.15) is 0 Å². The molecular weight excluding hydrogens is 230 g/mol. The molecular formula is C14H21NOS. The van der Waals surface area contributed by atoms with Gasteiger partial charge in [0.05, 0.1) is 0 Å². The lowest BCUT2D eigenvalue weighted by Gasteiger charge is -2.08. The minimum Gasteiger partial charge on any atom is -0.399 e. The van der Waals surface area contributed by atoms with Crippen molar-refractivity contribution in [1.29, 1.82) is 0 Å². The number of benzene rings is 1. The minimum absolute atomic E-state index is 0.647. The van der Waals surface area contributed by atoms with Gasteiger partial charge >= 0.3 is 0 Å². The van der Waals surface area contributed by atoms with E-state index < -0.39 is 10.8 Å². The molecule has 94 valence electrons. The van der Waals surface area contributed by atoms with Crippen molar-refractivity contribution in [1.82, 2.24) is 0 Å². The summed E-state index contributed by atoms with van der Waals surface area (Å²) < 4.78 is 11.9. The molecule has 1 aliphatic carbocycles. The SMILES string of the molecule is Nc1ccc(CCS(=O)CC2CCCC2)cc1. The third kappa shape index (κ3) is 4.15. The van der Waals surface area contributed by atoms with Crippen LogP contribution < -0.4 is 5.73 Å². The zero-order valence-corrected chi connectivity index (χ0v) is 11.0. The van der Waals surface area contributed by atoms with Gasteiger partial charge in [0, 0.05) is 28.0 Å². The summed E-state index contributed by atoms with van der Waals surface area (Å²) in [6.07, 6.45) is 6.14. The Kier molecular flexibility index (Phi) is 4.60. The van der Waals surface area contributed by atoms with Crippen LogP contribution in [-0.2, 0) is 17.2 Å². The van der Waals surface area contributed by atoms with E-state index in [-0.39, 0.29) is 0 Å². The minimum atomic E-state index is -0.647. The van der Waals surface area contributed by atoms with Gasteiger partial charge in [-0.25, -0.2) is 0 Å². The van der Waals surface area contributed by atoms with Gasteiger partial charge in [0.25, 0.3) is 0 Å². The van der Waals surface area contributed by atoms with Gasteiger partial charge in [-0.15, -0.1) is 0 Å². The van der Waals surface area contributed by atoms with E-state index in [4.69, 9.17) is 5.73 Å². The molecule has 2 N–H and O–H groups in total. The number of anilines is 1. The molecule has 2 rings (SSSR count). The summed E-state index contributed by atoms with van der Waals surface area (Å²) in [5, 5.41) is 0. The van der Waals surface area contributed by atoms with Gasteiger partial charge < -0.3 is 5.73 Å². The molecule has 1 aromatic carbocycles. The lowest BCUT2D eigenvalue weighted by molar-refractivity contribution is 0.604. The molecule has 0 bridgehead atoms. The molecule has 0 spiro atoms. The summed E-state index contributed by atoms with van der Waals surface area (Å²) in [4.78, 5) is 0. The zero-order valence-electron chi connectivity index (χ0n) is 10.2. The van der Waals surface area contributed by atoms with Crippen LogP contribution in [0.15, 0.2) is 24.3 Å². The Bertz CT molecular complexity index is 368. The van der Waals surface area contributed by atoms with Crippen molar-refractivity contribution in [3.63, 3.8) is 0 Å². The zero-order chi connectivity index (χ0) is 12.1. The second kappa shape index (κ2) is 6.20.